The maximum Gasteiger partial charge on any atom is 0.331 e. The monoisotopic (exact) mass is 221 g/mol. The first-order chi connectivity index (χ1) is 7.77. The largest absolute Gasteiger partial charge is 0.459 e. The van der Waals surface area contributed by atoms with Crippen LogP contribution >= 0.6 is 0 Å². The second-order valence-electron chi connectivity index (χ2n) is 3.89. The minimum atomic E-state index is -0.630. The smallest absolute Gasteiger partial charge is 0.331 e. The summed E-state index contributed by atoms with van der Waals surface area (Å²) in [4.78, 5) is 11.8. The Morgan fingerprint density at radius 2 is 2.12 bits per heavy atom. The van der Waals surface area contributed by atoms with Crippen LogP contribution in [0.3, 0.4) is 0 Å². The van der Waals surface area contributed by atoms with Gasteiger partial charge in [0.1, 0.15) is 6.61 Å². The first-order valence-electron chi connectivity index (χ1n) is 5.25. The van der Waals surface area contributed by atoms with Crippen LogP contribution in [0.5, 0.6) is 0 Å². The highest BCUT2D eigenvalue weighted by Crippen LogP contribution is 2.18. The SMILES string of the molecule is CNC1(C(=O)OCc2ccccc2)COC1. The molecule has 0 spiro atoms. The zero-order valence-electron chi connectivity index (χ0n) is 9.23. The molecule has 86 valence electrons. The molecule has 0 bridgehead atoms. The minimum absolute atomic E-state index is 0.245. The van der Waals surface area contributed by atoms with Gasteiger partial charge in [0.2, 0.25) is 0 Å². The van der Waals surface area contributed by atoms with Crippen LogP contribution in [-0.2, 0) is 20.9 Å². The summed E-state index contributed by atoms with van der Waals surface area (Å²) >= 11 is 0. The number of ether oxygens (including phenoxy) is 2. The van der Waals surface area contributed by atoms with Crippen LogP contribution in [0, 0.1) is 0 Å². The predicted octanol–water partition coefficient (Wildman–Crippen LogP) is 0.718. The van der Waals surface area contributed by atoms with Gasteiger partial charge < -0.3 is 14.8 Å². The van der Waals surface area contributed by atoms with Gasteiger partial charge in [-0.3, -0.25) is 0 Å². The first kappa shape index (κ1) is 11.1. The Kier molecular flexibility index (Phi) is 3.22. The molecule has 0 aromatic heterocycles. The molecular formula is C12H15NO3. The Morgan fingerprint density at radius 3 is 2.62 bits per heavy atom. The highest BCUT2D eigenvalue weighted by molar-refractivity contribution is 5.82. The number of carbonyl (C=O) groups is 1. The van der Waals surface area contributed by atoms with E-state index in [9.17, 15) is 4.79 Å². The van der Waals surface area contributed by atoms with Gasteiger partial charge in [-0.05, 0) is 12.6 Å². The Labute approximate surface area is 94.6 Å². The van der Waals surface area contributed by atoms with E-state index in [1.807, 2.05) is 30.3 Å². The molecule has 1 aliphatic rings. The van der Waals surface area contributed by atoms with Crippen molar-refractivity contribution in [3.8, 4) is 0 Å². The van der Waals surface area contributed by atoms with E-state index < -0.39 is 5.54 Å². The molecule has 16 heavy (non-hydrogen) atoms. The summed E-state index contributed by atoms with van der Waals surface area (Å²) in [6.07, 6.45) is 0. The number of carbonyl (C=O) groups excluding carboxylic acids is 1. The van der Waals surface area contributed by atoms with E-state index in [-0.39, 0.29) is 5.97 Å². The molecule has 0 saturated carbocycles. The van der Waals surface area contributed by atoms with E-state index in [2.05, 4.69) is 5.32 Å². The van der Waals surface area contributed by atoms with Crippen LogP contribution in [0.1, 0.15) is 5.56 Å². The fourth-order valence-electron chi connectivity index (χ4n) is 1.53. The standard InChI is InChI=1S/C12H15NO3/c1-13-12(8-15-9-12)11(14)16-7-10-5-3-2-4-6-10/h2-6,13H,7-9H2,1H3. The molecule has 4 nitrogen and oxygen atoms in total. The lowest BCUT2D eigenvalue weighted by Crippen LogP contribution is -2.65. The summed E-state index contributed by atoms with van der Waals surface area (Å²) in [7, 11) is 1.74. The Balaban J connectivity index is 1.89. The Morgan fingerprint density at radius 1 is 1.44 bits per heavy atom. The first-order valence-corrected chi connectivity index (χ1v) is 5.25. The van der Waals surface area contributed by atoms with Crippen LogP contribution in [-0.4, -0.2) is 31.8 Å². The second-order valence-corrected chi connectivity index (χ2v) is 3.89. The molecule has 0 atom stereocenters. The van der Waals surface area contributed by atoms with Crippen LogP contribution in [0.15, 0.2) is 30.3 Å². The topological polar surface area (TPSA) is 47.6 Å². The fraction of sp³-hybridized carbons (Fsp3) is 0.417. The van der Waals surface area contributed by atoms with Crippen molar-refractivity contribution in [2.24, 2.45) is 0 Å². The average Bonchev–Trinajstić information content (AvgIpc) is 2.27. The molecule has 1 aromatic rings. The van der Waals surface area contributed by atoms with Gasteiger partial charge in [0.25, 0.3) is 0 Å². The third-order valence-electron chi connectivity index (χ3n) is 2.78. The van der Waals surface area contributed by atoms with Gasteiger partial charge in [-0.2, -0.15) is 0 Å². The van der Waals surface area contributed by atoms with Gasteiger partial charge in [0.05, 0.1) is 13.2 Å². The molecule has 0 aliphatic carbocycles. The zero-order chi connectivity index (χ0) is 11.4. The molecule has 4 heteroatoms. The summed E-state index contributed by atoms with van der Waals surface area (Å²) in [5.74, 6) is -0.245. The van der Waals surface area contributed by atoms with E-state index in [0.29, 0.717) is 19.8 Å². The molecule has 1 aromatic carbocycles. The molecule has 0 unspecified atom stereocenters. The summed E-state index contributed by atoms with van der Waals surface area (Å²) < 4.78 is 10.3. The summed E-state index contributed by atoms with van der Waals surface area (Å²) in [5, 5.41) is 2.95. The van der Waals surface area contributed by atoms with Gasteiger partial charge in [-0.25, -0.2) is 4.79 Å². The van der Waals surface area contributed by atoms with Crippen molar-refractivity contribution in [1.82, 2.24) is 5.32 Å². The van der Waals surface area contributed by atoms with Gasteiger partial charge >= 0.3 is 5.97 Å². The molecule has 1 saturated heterocycles. The summed E-state index contributed by atoms with van der Waals surface area (Å²) in [5.41, 5.74) is 0.358. The normalized spacial score (nSPS) is 17.6. The highest BCUT2D eigenvalue weighted by Gasteiger charge is 2.46. The highest BCUT2D eigenvalue weighted by atomic mass is 16.6. The number of hydrogen-bond donors (Lipinski definition) is 1. The van der Waals surface area contributed by atoms with E-state index in [1.54, 1.807) is 7.05 Å². The van der Waals surface area contributed by atoms with Crippen LogP contribution in [0.2, 0.25) is 0 Å². The number of benzene rings is 1. The summed E-state index contributed by atoms with van der Waals surface area (Å²) in [6, 6.07) is 9.63. The number of likely N-dealkylation sites (N-methyl/N-ethyl adjacent to an activating group) is 1. The third kappa shape index (κ3) is 2.08. The molecule has 1 N–H and O–H groups in total. The van der Waals surface area contributed by atoms with E-state index in [4.69, 9.17) is 9.47 Å². The Hall–Kier alpha value is -1.39. The van der Waals surface area contributed by atoms with Crippen LogP contribution in [0.4, 0.5) is 0 Å². The van der Waals surface area contributed by atoms with Crippen molar-refractivity contribution in [1.29, 1.82) is 0 Å². The molecular weight excluding hydrogens is 206 g/mol. The molecule has 1 aliphatic heterocycles. The second kappa shape index (κ2) is 4.63. The zero-order valence-corrected chi connectivity index (χ0v) is 9.23. The molecule has 1 heterocycles. The Bertz CT molecular complexity index is 354. The van der Waals surface area contributed by atoms with Gasteiger partial charge in [0, 0.05) is 0 Å². The van der Waals surface area contributed by atoms with Gasteiger partial charge in [-0.1, -0.05) is 30.3 Å². The molecule has 1 fully saturated rings. The van der Waals surface area contributed by atoms with Gasteiger partial charge in [-0.15, -0.1) is 0 Å². The van der Waals surface area contributed by atoms with Crippen LogP contribution < -0.4 is 5.32 Å². The number of esters is 1. The molecule has 2 rings (SSSR count). The number of nitrogens with one attached hydrogen (secondary N) is 1. The molecule has 0 amide bonds. The van der Waals surface area contributed by atoms with Crippen molar-refractivity contribution in [2.75, 3.05) is 20.3 Å². The third-order valence-corrected chi connectivity index (χ3v) is 2.78. The van der Waals surface area contributed by atoms with E-state index in [0.717, 1.165) is 5.56 Å². The lowest BCUT2D eigenvalue weighted by molar-refractivity contribution is -0.173. The van der Waals surface area contributed by atoms with Crippen LogP contribution in [0.25, 0.3) is 0 Å². The fourth-order valence-corrected chi connectivity index (χ4v) is 1.53. The van der Waals surface area contributed by atoms with E-state index in [1.165, 1.54) is 0 Å². The van der Waals surface area contributed by atoms with E-state index >= 15 is 0 Å². The quantitative estimate of drug-likeness (QED) is 0.761. The lowest BCUT2D eigenvalue weighted by atomic mass is 9.98. The van der Waals surface area contributed by atoms with Crippen molar-refractivity contribution >= 4 is 5.97 Å². The molecule has 0 radical (unpaired) electrons. The maximum atomic E-state index is 11.8. The predicted molar refractivity (Wildman–Crippen MR) is 58.8 cm³/mol. The summed E-state index contributed by atoms with van der Waals surface area (Å²) in [6.45, 7) is 1.08. The van der Waals surface area contributed by atoms with Crippen molar-refractivity contribution in [3.05, 3.63) is 35.9 Å². The maximum absolute atomic E-state index is 11.8. The average molecular weight is 221 g/mol. The number of hydrogen-bond acceptors (Lipinski definition) is 4. The minimum Gasteiger partial charge on any atom is -0.459 e. The number of rotatable bonds is 4. The van der Waals surface area contributed by atoms with Gasteiger partial charge in [0.15, 0.2) is 5.54 Å². The van der Waals surface area contributed by atoms with Crippen molar-refractivity contribution < 1.29 is 14.3 Å². The lowest BCUT2D eigenvalue weighted by Gasteiger charge is -2.38. The van der Waals surface area contributed by atoms with Crippen molar-refractivity contribution in [3.63, 3.8) is 0 Å². The van der Waals surface area contributed by atoms with Crippen molar-refractivity contribution in [2.45, 2.75) is 12.1 Å².